The third-order valence-electron chi connectivity index (χ3n) is 2.89. The van der Waals surface area contributed by atoms with Gasteiger partial charge in [-0.25, -0.2) is 13.6 Å². The summed E-state index contributed by atoms with van der Waals surface area (Å²) in [6.45, 7) is 0.830. The quantitative estimate of drug-likeness (QED) is 0.311. The lowest BCUT2D eigenvalue weighted by molar-refractivity contribution is -0.358. The van der Waals surface area contributed by atoms with Crippen molar-refractivity contribution in [3.05, 3.63) is 12.7 Å². The molecule has 0 aliphatic carbocycles. The number of nitrogens with zero attached hydrogens (tertiary/aromatic N) is 1. The standard InChI is InChI=1S/C13H16F5NO5/c1-3-9(20)24-12(13(16,17)18,23-8-11(2,14)15)10(21)19-4-6-22-7-5-19/h3H,1,4-8H2,2H3. The zero-order chi connectivity index (χ0) is 18.6. The van der Waals surface area contributed by atoms with Crippen LogP contribution in [0.4, 0.5) is 22.0 Å². The second-order valence-electron chi connectivity index (χ2n) is 5.00. The molecule has 1 atom stereocenters. The Kier molecular flexibility index (Phi) is 6.28. The van der Waals surface area contributed by atoms with Gasteiger partial charge in [0.1, 0.15) is 6.61 Å². The highest BCUT2D eigenvalue weighted by atomic mass is 19.4. The molecule has 1 saturated heterocycles. The van der Waals surface area contributed by atoms with Crippen molar-refractivity contribution in [2.75, 3.05) is 32.9 Å². The van der Waals surface area contributed by atoms with E-state index in [9.17, 15) is 31.5 Å². The molecule has 1 aliphatic rings. The van der Waals surface area contributed by atoms with Crippen LogP contribution >= 0.6 is 0 Å². The third kappa shape index (κ3) is 4.87. The van der Waals surface area contributed by atoms with Gasteiger partial charge in [-0.3, -0.25) is 4.79 Å². The number of amides is 1. The highest BCUT2D eigenvalue weighted by Gasteiger charge is 2.68. The molecule has 0 aromatic rings. The first-order chi connectivity index (χ1) is 10.9. The van der Waals surface area contributed by atoms with Crippen LogP contribution in [0, 0.1) is 0 Å². The van der Waals surface area contributed by atoms with Crippen LogP contribution in [0.5, 0.6) is 0 Å². The van der Waals surface area contributed by atoms with Crippen LogP contribution in [0.1, 0.15) is 6.92 Å². The lowest BCUT2D eigenvalue weighted by Crippen LogP contribution is -2.64. The summed E-state index contributed by atoms with van der Waals surface area (Å²) in [5, 5.41) is 0. The number of morpholine rings is 1. The fourth-order valence-electron chi connectivity index (χ4n) is 1.78. The molecule has 1 amide bonds. The minimum atomic E-state index is -5.59. The Labute approximate surface area is 134 Å². The average Bonchev–Trinajstić information content (AvgIpc) is 2.49. The first-order valence-corrected chi connectivity index (χ1v) is 6.74. The minimum Gasteiger partial charge on any atom is -0.412 e. The maximum absolute atomic E-state index is 13.5. The number of carbonyl (C=O) groups is 2. The predicted molar refractivity (Wildman–Crippen MR) is 69.0 cm³/mol. The van der Waals surface area contributed by atoms with Crippen molar-refractivity contribution in [2.45, 2.75) is 24.8 Å². The Hall–Kier alpha value is -1.75. The van der Waals surface area contributed by atoms with Gasteiger partial charge in [0.05, 0.1) is 13.2 Å². The summed E-state index contributed by atoms with van der Waals surface area (Å²) in [6.07, 6.45) is -5.23. The first-order valence-electron chi connectivity index (χ1n) is 6.74. The number of halogens is 5. The molecule has 1 heterocycles. The van der Waals surface area contributed by atoms with Crippen LogP contribution < -0.4 is 0 Å². The molecule has 0 bridgehead atoms. The summed E-state index contributed by atoms with van der Waals surface area (Å²) < 4.78 is 79.6. The smallest absolute Gasteiger partial charge is 0.412 e. The zero-order valence-corrected chi connectivity index (χ0v) is 12.7. The molecular weight excluding hydrogens is 345 g/mol. The Morgan fingerprint density at radius 3 is 2.17 bits per heavy atom. The van der Waals surface area contributed by atoms with Gasteiger partial charge in [-0.05, 0) is 0 Å². The van der Waals surface area contributed by atoms with Gasteiger partial charge in [0.25, 0.3) is 5.92 Å². The van der Waals surface area contributed by atoms with Crippen LogP contribution in [-0.4, -0.2) is 67.6 Å². The maximum Gasteiger partial charge on any atom is 0.466 e. The van der Waals surface area contributed by atoms with E-state index < -0.39 is 36.4 Å². The topological polar surface area (TPSA) is 65.1 Å². The number of ether oxygens (including phenoxy) is 3. The van der Waals surface area contributed by atoms with Crippen molar-refractivity contribution < 1.29 is 45.8 Å². The molecule has 0 aromatic carbocycles. The number of rotatable bonds is 6. The summed E-state index contributed by atoms with van der Waals surface area (Å²) in [7, 11) is 0. The molecule has 0 N–H and O–H groups in total. The van der Waals surface area contributed by atoms with E-state index in [4.69, 9.17) is 4.74 Å². The summed E-state index contributed by atoms with van der Waals surface area (Å²) in [5.41, 5.74) is 0. The molecule has 0 saturated carbocycles. The van der Waals surface area contributed by atoms with E-state index in [1.807, 2.05) is 0 Å². The van der Waals surface area contributed by atoms with Crippen molar-refractivity contribution in [2.24, 2.45) is 0 Å². The van der Waals surface area contributed by atoms with Crippen molar-refractivity contribution in [1.29, 1.82) is 0 Å². The van der Waals surface area contributed by atoms with Gasteiger partial charge in [0, 0.05) is 26.1 Å². The molecule has 1 aliphatic heterocycles. The average molecular weight is 361 g/mol. The maximum atomic E-state index is 13.5. The van der Waals surface area contributed by atoms with E-state index in [0.717, 1.165) is 0 Å². The van der Waals surface area contributed by atoms with Crippen molar-refractivity contribution in [1.82, 2.24) is 4.90 Å². The van der Waals surface area contributed by atoms with Crippen molar-refractivity contribution >= 4 is 11.9 Å². The SMILES string of the molecule is C=CC(=O)OC(OCC(C)(F)F)(C(=O)N1CCOCC1)C(F)(F)F. The van der Waals surface area contributed by atoms with Gasteiger partial charge in [0.2, 0.25) is 0 Å². The van der Waals surface area contributed by atoms with Gasteiger partial charge in [-0.1, -0.05) is 6.58 Å². The predicted octanol–water partition coefficient (Wildman–Crippen LogP) is 1.50. The van der Waals surface area contributed by atoms with Crippen LogP contribution in [0.15, 0.2) is 12.7 Å². The number of esters is 1. The van der Waals surface area contributed by atoms with Crippen LogP contribution in [-0.2, 0) is 23.8 Å². The lowest BCUT2D eigenvalue weighted by atomic mass is 10.2. The summed E-state index contributed by atoms with van der Waals surface area (Å²) in [4.78, 5) is 24.3. The fraction of sp³-hybridized carbons (Fsp3) is 0.692. The molecule has 0 aromatic heterocycles. The largest absolute Gasteiger partial charge is 0.466 e. The van der Waals surface area contributed by atoms with E-state index in [1.165, 1.54) is 0 Å². The van der Waals surface area contributed by atoms with Gasteiger partial charge in [0.15, 0.2) is 0 Å². The van der Waals surface area contributed by atoms with E-state index in [1.54, 1.807) is 0 Å². The minimum absolute atomic E-state index is 0.0565. The first kappa shape index (κ1) is 20.3. The number of alkyl halides is 5. The number of hydrogen-bond acceptors (Lipinski definition) is 5. The highest BCUT2D eigenvalue weighted by molar-refractivity contribution is 5.90. The van der Waals surface area contributed by atoms with Gasteiger partial charge in [-0.2, -0.15) is 13.2 Å². The highest BCUT2D eigenvalue weighted by Crippen LogP contribution is 2.38. The monoisotopic (exact) mass is 361 g/mol. The van der Waals surface area contributed by atoms with Crippen molar-refractivity contribution in [3.63, 3.8) is 0 Å². The molecule has 11 heteroatoms. The van der Waals surface area contributed by atoms with E-state index in [2.05, 4.69) is 16.1 Å². The fourth-order valence-corrected chi connectivity index (χ4v) is 1.78. The Balaban J connectivity index is 3.24. The molecule has 6 nitrogen and oxygen atoms in total. The Morgan fingerprint density at radius 1 is 1.21 bits per heavy atom. The molecule has 24 heavy (non-hydrogen) atoms. The summed E-state index contributed by atoms with van der Waals surface area (Å²) >= 11 is 0. The summed E-state index contributed by atoms with van der Waals surface area (Å²) in [6, 6.07) is 0. The van der Waals surface area contributed by atoms with Crippen LogP contribution in [0.25, 0.3) is 0 Å². The molecule has 1 unspecified atom stereocenters. The molecule has 0 spiro atoms. The molecular formula is C13H16F5NO5. The number of carbonyl (C=O) groups excluding carboxylic acids is 2. The van der Waals surface area contributed by atoms with Gasteiger partial charge >= 0.3 is 23.8 Å². The zero-order valence-electron chi connectivity index (χ0n) is 12.7. The second-order valence-corrected chi connectivity index (χ2v) is 5.00. The second kappa shape index (κ2) is 7.43. The Morgan fingerprint density at radius 2 is 1.75 bits per heavy atom. The van der Waals surface area contributed by atoms with Gasteiger partial charge in [-0.15, -0.1) is 0 Å². The van der Waals surface area contributed by atoms with E-state index in [-0.39, 0.29) is 26.3 Å². The normalized spacial score (nSPS) is 18.7. The molecule has 1 fully saturated rings. The summed E-state index contributed by atoms with van der Waals surface area (Å²) in [5.74, 6) is -11.3. The van der Waals surface area contributed by atoms with E-state index >= 15 is 0 Å². The Bertz CT molecular complexity index is 484. The van der Waals surface area contributed by atoms with Crippen molar-refractivity contribution in [3.8, 4) is 0 Å². The van der Waals surface area contributed by atoms with Crippen LogP contribution in [0.3, 0.4) is 0 Å². The third-order valence-corrected chi connectivity index (χ3v) is 2.89. The molecule has 0 radical (unpaired) electrons. The molecule has 1 rings (SSSR count). The van der Waals surface area contributed by atoms with E-state index in [0.29, 0.717) is 17.9 Å². The lowest BCUT2D eigenvalue weighted by Gasteiger charge is -2.38. The molecule has 138 valence electrons. The number of hydrogen-bond donors (Lipinski definition) is 0. The van der Waals surface area contributed by atoms with Crippen LogP contribution in [0.2, 0.25) is 0 Å². The van der Waals surface area contributed by atoms with Gasteiger partial charge < -0.3 is 19.1 Å².